The van der Waals surface area contributed by atoms with Crippen LogP contribution in [0.4, 0.5) is 56.9 Å². The summed E-state index contributed by atoms with van der Waals surface area (Å²) in [4.78, 5) is 67.9. The van der Waals surface area contributed by atoms with Gasteiger partial charge in [-0.25, -0.2) is 15.0 Å². The van der Waals surface area contributed by atoms with Gasteiger partial charge < -0.3 is 62.6 Å². The van der Waals surface area contributed by atoms with Crippen molar-refractivity contribution in [2.24, 2.45) is 45.7 Å². The van der Waals surface area contributed by atoms with Gasteiger partial charge in [0.2, 0.25) is 0 Å². The zero-order chi connectivity index (χ0) is 84.1. The largest absolute Gasteiger partial charge is 0.505 e. The lowest BCUT2D eigenvalue weighted by molar-refractivity contribution is -0.113. The van der Waals surface area contributed by atoms with Gasteiger partial charge in [-0.05, 0) is 153 Å². The first-order chi connectivity index (χ1) is 59.1. The third-order valence-electron chi connectivity index (χ3n) is 21.2. The van der Waals surface area contributed by atoms with Gasteiger partial charge in [0.1, 0.15) is 34.1 Å². The number of aliphatic imine (C=N–C) groups is 1. The van der Waals surface area contributed by atoms with Gasteiger partial charge in [-0.3, -0.25) is 19.2 Å². The number of carbonyl (C=O) groups is 4. The number of azo groups is 3. The molecule has 123 heavy (non-hydrogen) atoms. The summed E-state index contributed by atoms with van der Waals surface area (Å²) in [6.45, 7) is 6.09. The lowest BCUT2D eigenvalue weighted by Crippen LogP contribution is -2.41. The van der Waals surface area contributed by atoms with Crippen LogP contribution in [0.1, 0.15) is 56.8 Å². The average Bonchev–Trinajstić information content (AvgIpc) is 1.59. The van der Waals surface area contributed by atoms with E-state index < -0.39 is 35.5 Å². The number of phenols is 1. The van der Waals surface area contributed by atoms with Crippen LogP contribution in [0.25, 0.3) is 87.2 Å². The molecule has 0 unspecified atom stereocenters. The number of rotatable bonds is 12. The van der Waals surface area contributed by atoms with Gasteiger partial charge >= 0.3 is 0 Å². The van der Waals surface area contributed by atoms with Crippen LogP contribution in [-0.4, -0.2) is 62.5 Å². The summed E-state index contributed by atoms with van der Waals surface area (Å²) in [5.41, 5.74) is 10.8. The van der Waals surface area contributed by atoms with E-state index in [0.29, 0.717) is 65.5 Å². The van der Waals surface area contributed by atoms with Crippen molar-refractivity contribution in [2.45, 2.75) is 26.4 Å². The zero-order valence-electron chi connectivity index (χ0n) is 65.3. The van der Waals surface area contributed by atoms with Crippen LogP contribution < -0.4 is 47.2 Å². The van der Waals surface area contributed by atoms with E-state index >= 15 is 0 Å². The third kappa shape index (κ3) is 14.2. The van der Waals surface area contributed by atoms with Crippen molar-refractivity contribution in [1.29, 1.82) is 0 Å². The molecule has 0 aliphatic carbocycles. The molecule has 4 amide bonds. The molecule has 7 heterocycles. The van der Waals surface area contributed by atoms with Crippen LogP contribution in [0.5, 0.6) is 23.4 Å². The second-order valence-electron chi connectivity index (χ2n) is 29.3. The molecule has 0 spiro atoms. The zero-order valence-corrected chi connectivity index (χ0v) is 68.4. The molecule has 17 aromatic rings. The average molecular weight is 1700 g/mol. The van der Waals surface area contributed by atoms with E-state index in [1.54, 1.807) is 116 Å². The van der Waals surface area contributed by atoms with Gasteiger partial charge in [-0.2, -0.15) is 10.2 Å². The van der Waals surface area contributed by atoms with E-state index in [1.807, 2.05) is 116 Å². The molecule has 14 aromatic carbocycles. The Morgan fingerprint density at radius 3 is 1.64 bits per heavy atom. The van der Waals surface area contributed by atoms with Crippen molar-refractivity contribution in [1.82, 2.24) is 10.3 Å². The highest BCUT2D eigenvalue weighted by molar-refractivity contribution is 6.55. The van der Waals surface area contributed by atoms with Crippen LogP contribution in [-0.2, 0) is 9.59 Å². The van der Waals surface area contributed by atoms with Gasteiger partial charge in [-0.1, -0.05) is 168 Å². The van der Waals surface area contributed by atoms with E-state index in [9.17, 15) is 34.5 Å². The summed E-state index contributed by atoms with van der Waals surface area (Å²) in [6, 6.07) is 74.5. The highest BCUT2D eigenvalue weighted by Gasteiger charge is 2.36. The minimum Gasteiger partial charge on any atom is -0.505 e. The molecule has 4 aliphatic heterocycles. The number of fused-ring (bicyclic) bond motifs is 11. The number of furan rings is 2. The summed E-state index contributed by atoms with van der Waals surface area (Å²) in [5, 5.41) is 83.2. The van der Waals surface area contributed by atoms with Gasteiger partial charge in [0.05, 0.1) is 117 Å². The number of methoxy groups -OCH3 is 1. The number of H-pyrrole nitrogens is 1. The number of aromatic nitrogens is 1. The van der Waals surface area contributed by atoms with E-state index in [1.165, 1.54) is 0 Å². The molecule has 3 aromatic heterocycles. The van der Waals surface area contributed by atoms with Gasteiger partial charge in [0, 0.05) is 81.5 Å². The van der Waals surface area contributed by atoms with Crippen molar-refractivity contribution in [3.05, 3.63) is 325 Å². The number of hydrogen-bond acceptors (Lipinski definition) is 19. The standard InChI is InChI=1S/C39H24Cl4N6O4.C29H24N6.C26H12N2O6.CH3/c1-17-15-21(53-2)12-14-25(17)46-38(51)24-16-18-7-13-23-22-5-3-4-6-26(22)45-34(23)27(18)35(36(24)50)49-48-20-10-8-19(9-11-20)44-37-28-29(39(52)47-37)31(41)33(43)32(42)30(28)40;1-29(2)30-26-14-8-13-22-25(17-18-27(31-29)28(22)26)35-34-24-16-15-23(20-11-6-7-12-21(20)24)33-32-19-9-4-3-5-10-19;29-23-19(11-5-1-3-7-15(11)27-23)21-13-9-18-14(10-17(13)33-25(21)31)22(26(32)34-18)20-12-6-2-4-8-16(12)28-24(20)30;/h3-16,45,50H,1-2H3,(H,46,51)(H,44,47,52);3-18,30-31H,1-2H3;1-10,31-32H;1H3/q;;;-1. The van der Waals surface area contributed by atoms with Crippen LogP contribution >= 0.6 is 46.4 Å². The predicted molar refractivity (Wildman–Crippen MR) is 481 cm³/mol. The molecule has 24 nitrogen and oxygen atoms in total. The summed E-state index contributed by atoms with van der Waals surface area (Å²) in [5.74, 6) is -2.43. The maximum Gasteiger partial charge on any atom is 0.291 e. The van der Waals surface area contributed by atoms with Crippen LogP contribution in [0.3, 0.4) is 0 Å². The third-order valence-corrected chi connectivity index (χ3v) is 23.0. The molecule has 602 valence electrons. The smallest absolute Gasteiger partial charge is 0.291 e. The fourth-order valence-electron chi connectivity index (χ4n) is 15.7. The lowest BCUT2D eigenvalue weighted by Gasteiger charge is -2.36. The Morgan fingerprint density at radius 1 is 0.488 bits per heavy atom. The number of ether oxygens (including phenoxy) is 1. The van der Waals surface area contributed by atoms with E-state index in [2.05, 4.69) is 110 Å². The molecule has 4 aliphatic rings. The van der Waals surface area contributed by atoms with E-state index in [0.717, 1.165) is 83.0 Å². The Bertz CT molecular complexity index is 7720. The number of benzene rings is 14. The van der Waals surface area contributed by atoms with Crippen molar-refractivity contribution in [3.8, 4) is 23.4 Å². The topological polar surface area (TPSA) is 340 Å². The summed E-state index contributed by atoms with van der Waals surface area (Å²) in [7, 11) is 1.57. The van der Waals surface area contributed by atoms with Crippen LogP contribution in [0, 0.1) is 14.4 Å². The van der Waals surface area contributed by atoms with E-state index in [4.69, 9.17) is 60.0 Å². The number of nitrogens with zero attached hydrogens (tertiary/aromatic N) is 9. The Balaban J connectivity index is 0.000000130. The SMILES string of the molecule is CC1(C)Nc2cccc3c(N=Nc4ccc(N=Nc5ccccc5)c5ccccc45)ccc(c23)N1.COc1ccc(NC(=O)c2cc3ccc4c5ccccc5[nH]c4c3c(N=Nc3ccc(N=C4NC(=O)c5c(Cl)c(Cl)c(Cl)c(Cl)c54)cc3)c2O)c(C)c1.O=C1N=c2ccccc2=C1c1c(O)oc2cc3c(C4=c5ccccc5=NC4=O)c(O)oc3cc12.[CH3-]. The Hall–Kier alpha value is -15.2. The monoisotopic (exact) mass is 1700 g/mol. The first kappa shape index (κ1) is 78.9. The number of para-hydroxylation sites is 3. The maximum atomic E-state index is 13.7. The highest BCUT2D eigenvalue weighted by atomic mass is 35.5. The second kappa shape index (κ2) is 31.5. The van der Waals surface area contributed by atoms with Crippen molar-refractivity contribution < 1.29 is 48.1 Å². The number of aromatic amines is 1. The minimum atomic E-state index is -0.528. The molecule has 8 N–H and O–H groups in total. The van der Waals surface area contributed by atoms with Crippen molar-refractivity contribution >= 4 is 220 Å². The molecule has 28 heteroatoms. The first-order valence-corrected chi connectivity index (χ1v) is 39.5. The maximum absolute atomic E-state index is 13.7. The number of aromatic hydroxyl groups is 3. The summed E-state index contributed by atoms with van der Waals surface area (Å²) >= 11 is 25.2. The normalized spacial score (nSPS) is 13.9. The number of halogens is 4. The Labute approximate surface area is 716 Å². The predicted octanol–water partition coefficient (Wildman–Crippen LogP) is 22.8. The lowest BCUT2D eigenvalue weighted by atomic mass is 9.98. The number of amidine groups is 1. The minimum absolute atomic E-state index is 0. The second-order valence-corrected chi connectivity index (χ2v) is 30.8. The van der Waals surface area contributed by atoms with E-state index in [-0.39, 0.29) is 101 Å². The fraction of sp³-hybridized carbons (Fsp3) is 0.0526. The number of anilines is 3. The number of nitrogens with one attached hydrogen (secondary N) is 5. The number of aryl methyl sites for hydroxylation is 1. The number of carbonyl (C=O) groups excluding carboxylic acids is 4. The summed E-state index contributed by atoms with van der Waals surface area (Å²) in [6.07, 6.45) is 0. The van der Waals surface area contributed by atoms with Gasteiger partial charge in [0.25, 0.3) is 35.5 Å². The molecule has 0 saturated heterocycles. The number of amides is 4. The number of phenolic OH excluding ortho intramolecular Hbond substituents is 1. The van der Waals surface area contributed by atoms with Crippen molar-refractivity contribution in [2.75, 3.05) is 23.1 Å². The van der Waals surface area contributed by atoms with Crippen LogP contribution in [0.2, 0.25) is 20.1 Å². The molecule has 21 rings (SSSR count). The fourth-order valence-corrected chi connectivity index (χ4v) is 16.7. The molecule has 0 saturated carbocycles. The van der Waals surface area contributed by atoms with Gasteiger partial charge in [0.15, 0.2) is 5.75 Å². The molecule has 0 bridgehead atoms. The quantitative estimate of drug-likeness (QED) is 0.0245. The van der Waals surface area contributed by atoms with Crippen molar-refractivity contribution in [3.63, 3.8) is 0 Å². The Morgan fingerprint density at radius 2 is 1.02 bits per heavy atom. The summed E-state index contributed by atoms with van der Waals surface area (Å²) < 4.78 is 16.5. The molecule has 0 radical (unpaired) electrons. The first-order valence-electron chi connectivity index (χ1n) is 37.9. The van der Waals surface area contributed by atoms with Gasteiger partial charge in [-0.15, -0.1) is 20.5 Å². The molecular weight excluding hydrogens is 1640 g/mol. The number of hydrogen-bond donors (Lipinski definition) is 8. The molecular formula is C95H63Cl4N14O10-. The Kier molecular flexibility index (Phi) is 20.2. The molecule has 0 fully saturated rings. The van der Waals surface area contributed by atoms with Crippen LogP contribution in [0.15, 0.2) is 297 Å². The molecule has 0 atom stereocenters. The highest BCUT2D eigenvalue weighted by Crippen LogP contribution is 2.49.